The lowest BCUT2D eigenvalue weighted by molar-refractivity contribution is 0.124. The van der Waals surface area contributed by atoms with Crippen molar-refractivity contribution in [1.29, 1.82) is 0 Å². The fourth-order valence-corrected chi connectivity index (χ4v) is 1.50. The van der Waals surface area contributed by atoms with E-state index >= 15 is 0 Å². The van der Waals surface area contributed by atoms with Crippen molar-refractivity contribution in [1.82, 2.24) is 4.90 Å². The van der Waals surface area contributed by atoms with Gasteiger partial charge in [0.1, 0.15) is 0 Å². The van der Waals surface area contributed by atoms with Crippen LogP contribution < -0.4 is 0 Å². The zero-order chi connectivity index (χ0) is 8.65. The van der Waals surface area contributed by atoms with Gasteiger partial charge in [-0.15, -0.1) is 0 Å². The maximum absolute atomic E-state index is 9.49. The number of hydrogen-bond acceptors (Lipinski definition) is 2. The van der Waals surface area contributed by atoms with E-state index < -0.39 is 0 Å². The molecule has 1 saturated heterocycles. The molecule has 1 fully saturated rings. The summed E-state index contributed by atoms with van der Waals surface area (Å²) in [6.07, 6.45) is -0.116. The minimum Gasteiger partial charge on any atom is -0.391 e. The number of aliphatic hydroxyl groups is 1. The van der Waals surface area contributed by atoms with Gasteiger partial charge in [0.15, 0.2) is 0 Å². The second kappa shape index (κ2) is 2.76. The first-order chi connectivity index (χ1) is 4.91. The van der Waals surface area contributed by atoms with Crippen LogP contribution in [0.5, 0.6) is 0 Å². The molecule has 11 heavy (non-hydrogen) atoms. The van der Waals surface area contributed by atoms with Gasteiger partial charge in [-0.1, -0.05) is 6.92 Å². The molecule has 1 aliphatic rings. The van der Waals surface area contributed by atoms with Crippen molar-refractivity contribution in [3.63, 3.8) is 0 Å². The Balaban J connectivity index is 2.54. The zero-order valence-corrected chi connectivity index (χ0v) is 7.96. The van der Waals surface area contributed by atoms with E-state index in [1.807, 2.05) is 0 Å². The fraction of sp³-hybridized carbons (Fsp3) is 1.00. The summed E-state index contributed by atoms with van der Waals surface area (Å²) in [6, 6.07) is 0. The van der Waals surface area contributed by atoms with E-state index in [1.54, 1.807) is 0 Å². The normalized spacial score (nSPS) is 34.6. The van der Waals surface area contributed by atoms with E-state index in [-0.39, 0.29) is 11.6 Å². The van der Waals surface area contributed by atoms with Crippen molar-refractivity contribution < 1.29 is 5.11 Å². The minimum atomic E-state index is -0.116. The molecule has 66 valence electrons. The summed E-state index contributed by atoms with van der Waals surface area (Å²) in [4.78, 5) is 2.34. The molecule has 2 nitrogen and oxygen atoms in total. The second-order valence-corrected chi connectivity index (χ2v) is 4.62. The predicted molar refractivity (Wildman–Crippen MR) is 46.5 cm³/mol. The summed E-state index contributed by atoms with van der Waals surface area (Å²) < 4.78 is 0. The maximum atomic E-state index is 9.49. The van der Waals surface area contributed by atoms with E-state index in [2.05, 4.69) is 32.6 Å². The van der Waals surface area contributed by atoms with Crippen molar-refractivity contribution in [2.75, 3.05) is 13.1 Å². The van der Waals surface area contributed by atoms with Crippen molar-refractivity contribution in [3.8, 4) is 0 Å². The molecule has 0 bridgehead atoms. The quantitative estimate of drug-likeness (QED) is 0.569. The number of hydrogen-bond donors (Lipinski definition) is 1. The first-order valence-corrected chi connectivity index (χ1v) is 4.34. The third-order valence-corrected chi connectivity index (χ3v) is 2.52. The first kappa shape index (κ1) is 9.01. The minimum absolute atomic E-state index is 0.116. The molecule has 0 unspecified atom stereocenters. The number of likely N-dealkylation sites (tertiary alicyclic amines) is 1. The van der Waals surface area contributed by atoms with Gasteiger partial charge in [0.2, 0.25) is 0 Å². The molecule has 0 aromatic carbocycles. The highest BCUT2D eigenvalue weighted by molar-refractivity contribution is 4.87. The second-order valence-electron chi connectivity index (χ2n) is 4.62. The monoisotopic (exact) mass is 157 g/mol. The fourth-order valence-electron chi connectivity index (χ4n) is 1.50. The molecule has 1 N–H and O–H groups in total. The Morgan fingerprint density at radius 1 is 1.27 bits per heavy atom. The van der Waals surface area contributed by atoms with Gasteiger partial charge < -0.3 is 5.11 Å². The smallest absolute Gasteiger partial charge is 0.0705 e. The molecular weight excluding hydrogens is 138 g/mol. The molecular formula is C9H19NO. The molecule has 1 heterocycles. The molecule has 0 aromatic heterocycles. The van der Waals surface area contributed by atoms with Crippen molar-refractivity contribution in [3.05, 3.63) is 0 Å². The third-order valence-electron chi connectivity index (χ3n) is 2.52. The molecule has 1 rings (SSSR count). The standard InChI is InChI=1S/C9H19NO/c1-7-5-10(6-8(7)11)9(2,3)4/h7-8,11H,5-6H2,1-4H3/t7-,8-/m0/s1. The van der Waals surface area contributed by atoms with Gasteiger partial charge in [0, 0.05) is 18.6 Å². The maximum Gasteiger partial charge on any atom is 0.0705 e. The zero-order valence-electron chi connectivity index (χ0n) is 7.96. The average molecular weight is 157 g/mol. The molecule has 1 aliphatic heterocycles. The number of β-amino-alcohol motifs (C(OH)–C–C–N with tert-alkyl or cyclic N) is 1. The SMILES string of the molecule is C[C@H]1CN(C(C)(C)C)C[C@@H]1O. The highest BCUT2D eigenvalue weighted by atomic mass is 16.3. The molecule has 0 spiro atoms. The van der Waals surface area contributed by atoms with Crippen LogP contribution in [0.15, 0.2) is 0 Å². The lowest BCUT2D eigenvalue weighted by atomic mass is 10.1. The van der Waals surface area contributed by atoms with Gasteiger partial charge >= 0.3 is 0 Å². The van der Waals surface area contributed by atoms with E-state index in [9.17, 15) is 5.11 Å². The van der Waals surface area contributed by atoms with Gasteiger partial charge in [0.05, 0.1) is 6.10 Å². The van der Waals surface area contributed by atoms with Crippen LogP contribution in [-0.2, 0) is 0 Å². The van der Waals surface area contributed by atoms with Crippen molar-refractivity contribution in [2.24, 2.45) is 5.92 Å². The summed E-state index contributed by atoms with van der Waals surface area (Å²) in [6.45, 7) is 10.6. The van der Waals surface area contributed by atoms with E-state index in [0.29, 0.717) is 5.92 Å². The molecule has 2 heteroatoms. The van der Waals surface area contributed by atoms with E-state index in [0.717, 1.165) is 13.1 Å². The molecule has 2 atom stereocenters. The Bertz CT molecular complexity index is 129. The Labute approximate surface area is 69.2 Å². The largest absolute Gasteiger partial charge is 0.391 e. The van der Waals surface area contributed by atoms with Crippen LogP contribution in [0, 0.1) is 5.92 Å². The Kier molecular flexibility index (Phi) is 2.26. The van der Waals surface area contributed by atoms with Gasteiger partial charge in [-0.3, -0.25) is 4.90 Å². The summed E-state index contributed by atoms with van der Waals surface area (Å²) in [5.74, 6) is 0.439. The summed E-state index contributed by atoms with van der Waals surface area (Å²) in [5, 5.41) is 9.49. The van der Waals surface area contributed by atoms with Crippen LogP contribution in [0.1, 0.15) is 27.7 Å². The third kappa shape index (κ3) is 1.94. The van der Waals surface area contributed by atoms with Crippen LogP contribution in [0.25, 0.3) is 0 Å². The molecule has 0 amide bonds. The topological polar surface area (TPSA) is 23.5 Å². The lowest BCUT2D eigenvalue weighted by Crippen LogP contribution is -2.40. The predicted octanol–water partition coefficient (Wildman–Crippen LogP) is 1.10. The Morgan fingerprint density at radius 2 is 1.82 bits per heavy atom. The highest BCUT2D eigenvalue weighted by Gasteiger charge is 2.33. The van der Waals surface area contributed by atoms with E-state index in [1.165, 1.54) is 0 Å². The number of nitrogens with zero attached hydrogens (tertiary/aromatic N) is 1. The van der Waals surface area contributed by atoms with Crippen LogP contribution in [0.3, 0.4) is 0 Å². The van der Waals surface area contributed by atoms with Crippen LogP contribution >= 0.6 is 0 Å². The summed E-state index contributed by atoms with van der Waals surface area (Å²) in [5.41, 5.74) is 0.214. The average Bonchev–Trinajstić information content (AvgIpc) is 2.11. The molecule has 0 aliphatic carbocycles. The van der Waals surface area contributed by atoms with Gasteiger partial charge in [-0.05, 0) is 26.7 Å². The van der Waals surface area contributed by atoms with Crippen LogP contribution in [0.2, 0.25) is 0 Å². The van der Waals surface area contributed by atoms with Crippen LogP contribution in [-0.4, -0.2) is 34.7 Å². The summed E-state index contributed by atoms with van der Waals surface area (Å²) >= 11 is 0. The van der Waals surface area contributed by atoms with E-state index in [4.69, 9.17) is 0 Å². The number of rotatable bonds is 0. The molecule has 0 aromatic rings. The van der Waals surface area contributed by atoms with Crippen molar-refractivity contribution >= 4 is 0 Å². The van der Waals surface area contributed by atoms with Crippen molar-refractivity contribution in [2.45, 2.75) is 39.3 Å². The first-order valence-electron chi connectivity index (χ1n) is 4.34. The van der Waals surface area contributed by atoms with Crippen LogP contribution in [0.4, 0.5) is 0 Å². The Hall–Kier alpha value is -0.0800. The van der Waals surface area contributed by atoms with Gasteiger partial charge in [-0.2, -0.15) is 0 Å². The molecule has 0 radical (unpaired) electrons. The van der Waals surface area contributed by atoms with Gasteiger partial charge in [0.25, 0.3) is 0 Å². The lowest BCUT2D eigenvalue weighted by Gasteiger charge is -2.31. The number of aliphatic hydroxyl groups excluding tert-OH is 1. The summed E-state index contributed by atoms with van der Waals surface area (Å²) in [7, 11) is 0. The molecule has 0 saturated carbocycles. The van der Waals surface area contributed by atoms with Gasteiger partial charge in [-0.25, -0.2) is 0 Å². The highest BCUT2D eigenvalue weighted by Crippen LogP contribution is 2.23. The Morgan fingerprint density at radius 3 is 2.00 bits per heavy atom.